The number of ether oxygens (including phenoxy) is 1. The van der Waals surface area contributed by atoms with Gasteiger partial charge in [-0.15, -0.1) is 0 Å². The second-order valence-corrected chi connectivity index (χ2v) is 2.36. The number of nitrogens with two attached hydrogens (primary N) is 1. The molecule has 0 amide bonds. The van der Waals surface area contributed by atoms with Gasteiger partial charge in [-0.3, -0.25) is 0 Å². The molecule has 1 aromatic heterocycles. The quantitative estimate of drug-likeness (QED) is 0.671. The summed E-state index contributed by atoms with van der Waals surface area (Å²) in [6.07, 6.45) is -0.232. The van der Waals surface area contributed by atoms with Crippen LogP contribution in [0.25, 0.3) is 0 Å². The van der Waals surface area contributed by atoms with E-state index in [1.165, 1.54) is 7.11 Å². The molecule has 1 rings (SSSR count). The number of methoxy groups -OCH3 is 1. The summed E-state index contributed by atoms with van der Waals surface area (Å²) in [5.74, 6) is 0.748. The Bertz CT molecular complexity index is 236. The molecule has 0 aliphatic heterocycles. The van der Waals surface area contributed by atoms with Crippen LogP contribution in [0.5, 0.6) is 5.88 Å². The maximum atomic E-state index is 9.36. The number of hydrogen-bond acceptors (Lipinski definition) is 5. The molecule has 0 aromatic carbocycles. The highest BCUT2D eigenvalue weighted by Gasteiger charge is 2.12. The van der Waals surface area contributed by atoms with Crippen molar-refractivity contribution < 1.29 is 14.4 Å². The maximum absolute atomic E-state index is 9.36. The first-order valence-electron chi connectivity index (χ1n) is 3.66. The molecular weight excluding hydrogens is 160 g/mol. The summed E-state index contributed by atoms with van der Waals surface area (Å²) in [5, 5.41) is 12.9. The van der Waals surface area contributed by atoms with Crippen LogP contribution in [0.3, 0.4) is 0 Å². The van der Waals surface area contributed by atoms with Gasteiger partial charge in [-0.1, -0.05) is 0 Å². The maximum Gasteiger partial charge on any atom is 0.254 e. The van der Waals surface area contributed by atoms with Crippen molar-refractivity contribution in [2.24, 2.45) is 5.73 Å². The smallest absolute Gasteiger partial charge is 0.254 e. The highest BCUT2D eigenvalue weighted by atomic mass is 16.5. The van der Waals surface area contributed by atoms with Crippen LogP contribution >= 0.6 is 0 Å². The first-order chi connectivity index (χ1) is 5.77. The van der Waals surface area contributed by atoms with Crippen molar-refractivity contribution in [1.82, 2.24) is 5.16 Å². The summed E-state index contributed by atoms with van der Waals surface area (Å²) in [6, 6.07) is 1.54. The number of aromatic nitrogens is 1. The Morgan fingerprint density at radius 3 is 3.08 bits per heavy atom. The first-order valence-corrected chi connectivity index (χ1v) is 3.66. The summed E-state index contributed by atoms with van der Waals surface area (Å²) in [5.41, 5.74) is 5.25. The van der Waals surface area contributed by atoms with Crippen molar-refractivity contribution in [3.63, 3.8) is 0 Å². The molecule has 3 N–H and O–H groups in total. The first kappa shape index (κ1) is 9.02. The van der Waals surface area contributed by atoms with Crippen LogP contribution < -0.4 is 10.5 Å². The van der Waals surface area contributed by atoms with E-state index in [-0.39, 0.29) is 0 Å². The predicted octanol–water partition coefficient (Wildman–Crippen LogP) is 0.0654. The summed E-state index contributed by atoms with van der Waals surface area (Å²) in [6.45, 7) is 0.407. The topological polar surface area (TPSA) is 81.5 Å². The Morgan fingerprint density at radius 2 is 2.58 bits per heavy atom. The fourth-order valence-corrected chi connectivity index (χ4v) is 0.825. The fraction of sp³-hybridized carbons (Fsp3) is 0.571. The molecule has 0 aliphatic rings. The predicted molar refractivity (Wildman–Crippen MR) is 41.7 cm³/mol. The second-order valence-electron chi connectivity index (χ2n) is 2.36. The van der Waals surface area contributed by atoms with Crippen molar-refractivity contribution >= 4 is 0 Å². The van der Waals surface area contributed by atoms with Gasteiger partial charge in [0.2, 0.25) is 0 Å². The van der Waals surface area contributed by atoms with Crippen LogP contribution in [0.2, 0.25) is 0 Å². The lowest BCUT2D eigenvalue weighted by molar-refractivity contribution is 0.132. The van der Waals surface area contributed by atoms with E-state index < -0.39 is 6.10 Å². The second kappa shape index (κ2) is 4.08. The molecule has 0 bridgehead atoms. The minimum Gasteiger partial charge on any atom is -0.479 e. The Kier molecular flexibility index (Phi) is 3.07. The van der Waals surface area contributed by atoms with Gasteiger partial charge in [-0.05, 0) is 18.1 Å². The van der Waals surface area contributed by atoms with E-state index in [9.17, 15) is 5.11 Å². The van der Waals surface area contributed by atoms with Gasteiger partial charge in [0.15, 0.2) is 5.76 Å². The zero-order valence-corrected chi connectivity index (χ0v) is 6.86. The van der Waals surface area contributed by atoms with Crippen LogP contribution in [0.1, 0.15) is 18.3 Å². The molecule has 0 radical (unpaired) electrons. The number of aliphatic hydroxyl groups is 1. The standard InChI is InChI=1S/C7H12N2O3/c1-11-7-4-6(12-9-7)5(10)2-3-8/h4-5,10H,2-3,8H2,1H3. The highest BCUT2D eigenvalue weighted by molar-refractivity contribution is 5.12. The third kappa shape index (κ3) is 1.96. The monoisotopic (exact) mass is 172 g/mol. The largest absolute Gasteiger partial charge is 0.479 e. The minimum absolute atomic E-state index is 0.362. The molecule has 0 spiro atoms. The lowest BCUT2D eigenvalue weighted by atomic mass is 10.2. The Labute approximate surface area is 70.1 Å². The molecule has 68 valence electrons. The lowest BCUT2D eigenvalue weighted by Crippen LogP contribution is -2.05. The number of rotatable bonds is 4. The third-order valence-corrected chi connectivity index (χ3v) is 1.48. The molecule has 1 aromatic rings. The van der Waals surface area contributed by atoms with E-state index in [1.54, 1.807) is 6.07 Å². The third-order valence-electron chi connectivity index (χ3n) is 1.48. The van der Waals surface area contributed by atoms with Crippen LogP contribution in [-0.4, -0.2) is 23.9 Å². The van der Waals surface area contributed by atoms with Crippen molar-refractivity contribution in [3.05, 3.63) is 11.8 Å². The van der Waals surface area contributed by atoms with Crippen molar-refractivity contribution in [3.8, 4) is 5.88 Å². The molecule has 0 saturated heterocycles. The van der Waals surface area contributed by atoms with Gasteiger partial charge in [-0.2, -0.15) is 0 Å². The average molecular weight is 172 g/mol. The lowest BCUT2D eigenvalue weighted by Gasteiger charge is -2.01. The molecule has 1 unspecified atom stereocenters. The number of hydrogen-bond donors (Lipinski definition) is 2. The van der Waals surface area contributed by atoms with Gasteiger partial charge in [0.05, 0.1) is 7.11 Å². The van der Waals surface area contributed by atoms with Gasteiger partial charge in [0.25, 0.3) is 5.88 Å². The van der Waals surface area contributed by atoms with Gasteiger partial charge in [0.1, 0.15) is 6.10 Å². The normalized spacial score (nSPS) is 12.9. The van der Waals surface area contributed by atoms with Crippen LogP contribution in [-0.2, 0) is 0 Å². The summed E-state index contributed by atoms with van der Waals surface area (Å²) < 4.78 is 9.57. The number of aliphatic hydroxyl groups excluding tert-OH is 1. The van der Waals surface area contributed by atoms with Gasteiger partial charge >= 0.3 is 0 Å². The molecule has 0 fully saturated rings. The molecule has 0 aliphatic carbocycles. The summed E-state index contributed by atoms with van der Waals surface area (Å²) in [7, 11) is 1.48. The van der Waals surface area contributed by atoms with Gasteiger partial charge in [0, 0.05) is 6.07 Å². The molecular formula is C7H12N2O3. The summed E-state index contributed by atoms with van der Waals surface area (Å²) >= 11 is 0. The van der Waals surface area contributed by atoms with E-state index in [0.717, 1.165) is 0 Å². The molecule has 12 heavy (non-hydrogen) atoms. The zero-order valence-electron chi connectivity index (χ0n) is 6.86. The zero-order chi connectivity index (χ0) is 8.97. The van der Waals surface area contributed by atoms with Crippen LogP contribution in [0.4, 0.5) is 0 Å². The van der Waals surface area contributed by atoms with E-state index >= 15 is 0 Å². The van der Waals surface area contributed by atoms with E-state index in [1.807, 2.05) is 0 Å². The highest BCUT2D eigenvalue weighted by Crippen LogP contribution is 2.19. The Hall–Kier alpha value is -1.07. The molecule has 1 atom stereocenters. The van der Waals surface area contributed by atoms with E-state index in [2.05, 4.69) is 5.16 Å². The van der Waals surface area contributed by atoms with Crippen LogP contribution in [0, 0.1) is 0 Å². The molecule has 5 heteroatoms. The molecule has 5 nitrogen and oxygen atoms in total. The van der Waals surface area contributed by atoms with Crippen molar-refractivity contribution in [2.45, 2.75) is 12.5 Å². The van der Waals surface area contributed by atoms with Crippen molar-refractivity contribution in [2.75, 3.05) is 13.7 Å². The Balaban J connectivity index is 2.61. The molecule has 1 heterocycles. The van der Waals surface area contributed by atoms with Crippen molar-refractivity contribution in [1.29, 1.82) is 0 Å². The molecule has 0 saturated carbocycles. The van der Waals surface area contributed by atoms with E-state index in [4.69, 9.17) is 15.0 Å². The SMILES string of the molecule is COc1cc(C(O)CCN)on1. The fourth-order valence-electron chi connectivity index (χ4n) is 0.825. The van der Waals surface area contributed by atoms with Crippen LogP contribution in [0.15, 0.2) is 10.6 Å². The average Bonchev–Trinajstić information content (AvgIpc) is 2.52. The van der Waals surface area contributed by atoms with Gasteiger partial charge in [-0.25, -0.2) is 0 Å². The summed E-state index contributed by atoms with van der Waals surface area (Å²) in [4.78, 5) is 0. The minimum atomic E-state index is -0.689. The van der Waals surface area contributed by atoms with E-state index in [0.29, 0.717) is 24.6 Å². The number of nitrogens with zero attached hydrogens (tertiary/aromatic N) is 1. The Morgan fingerprint density at radius 1 is 1.83 bits per heavy atom. The van der Waals surface area contributed by atoms with Gasteiger partial charge < -0.3 is 20.1 Å².